The number of thioether (sulfide) groups is 1. The minimum atomic E-state index is -1.19. The van der Waals surface area contributed by atoms with Crippen molar-refractivity contribution in [3.8, 4) is 17.2 Å². The molecule has 0 aliphatic carbocycles. The van der Waals surface area contributed by atoms with Crippen LogP contribution in [0.5, 0.6) is 17.2 Å². The third-order valence-electron chi connectivity index (χ3n) is 7.49. The van der Waals surface area contributed by atoms with Crippen molar-refractivity contribution < 1.29 is 37.7 Å². The van der Waals surface area contributed by atoms with Gasteiger partial charge in [0.05, 0.1) is 25.8 Å². The number of ether oxygens (including phenoxy) is 3. The second kappa shape index (κ2) is 14.2. The number of halogens is 2. The van der Waals surface area contributed by atoms with Crippen molar-refractivity contribution in [2.45, 2.75) is 22.7 Å². The molecule has 48 heavy (non-hydrogen) atoms. The number of carbonyl (C=O) groups is 2. The van der Waals surface area contributed by atoms with Gasteiger partial charge in [-0.2, -0.15) is 0 Å². The summed E-state index contributed by atoms with van der Waals surface area (Å²) in [5.41, 5.74) is 1.88. The Hall–Kier alpha value is -5.27. The number of anilines is 1. The summed E-state index contributed by atoms with van der Waals surface area (Å²) < 4.78 is 45.2. The van der Waals surface area contributed by atoms with Gasteiger partial charge in [-0.3, -0.25) is 14.5 Å². The van der Waals surface area contributed by atoms with Crippen LogP contribution in [0, 0.1) is 11.6 Å². The minimum absolute atomic E-state index is 0.0288. The summed E-state index contributed by atoms with van der Waals surface area (Å²) in [6, 6.07) is 23.0. The van der Waals surface area contributed by atoms with Gasteiger partial charge >= 0.3 is 5.91 Å². The first-order valence-electron chi connectivity index (χ1n) is 14.5. The molecule has 1 aromatic heterocycles. The van der Waals surface area contributed by atoms with E-state index in [9.17, 15) is 23.5 Å². The van der Waals surface area contributed by atoms with Crippen LogP contribution in [0.25, 0.3) is 5.76 Å². The number of methoxy groups -OCH3 is 2. The molecule has 4 aromatic carbocycles. The largest absolute Gasteiger partial charge is 0.507 e. The van der Waals surface area contributed by atoms with Crippen LogP contribution in [-0.4, -0.2) is 41.2 Å². The van der Waals surface area contributed by atoms with Gasteiger partial charge in [0, 0.05) is 11.3 Å². The number of ketones is 1. The van der Waals surface area contributed by atoms with Crippen molar-refractivity contribution in [1.29, 1.82) is 0 Å². The Kier molecular flexibility index (Phi) is 9.69. The zero-order valence-corrected chi connectivity index (χ0v) is 27.2. The third-order valence-corrected chi connectivity index (χ3v) is 9.61. The van der Waals surface area contributed by atoms with E-state index in [1.807, 2.05) is 30.3 Å². The van der Waals surface area contributed by atoms with Gasteiger partial charge in [0.2, 0.25) is 5.13 Å². The lowest BCUT2D eigenvalue weighted by atomic mass is 9.95. The molecule has 1 saturated heterocycles. The van der Waals surface area contributed by atoms with E-state index >= 15 is 0 Å². The van der Waals surface area contributed by atoms with E-state index in [-0.39, 0.29) is 34.4 Å². The maximum Gasteiger partial charge on any atom is 0.301 e. The number of rotatable bonds is 11. The van der Waals surface area contributed by atoms with E-state index in [0.29, 0.717) is 27.2 Å². The number of hydrogen-bond acceptors (Lipinski definition) is 10. The van der Waals surface area contributed by atoms with E-state index in [1.165, 1.54) is 50.2 Å². The Bertz CT molecular complexity index is 2000. The summed E-state index contributed by atoms with van der Waals surface area (Å²) in [6.45, 7) is 0.265. The quantitative estimate of drug-likeness (QED) is 0.0502. The molecule has 5 aromatic rings. The summed E-state index contributed by atoms with van der Waals surface area (Å²) in [6.07, 6.45) is 0. The molecule has 1 unspecified atom stereocenters. The maximum absolute atomic E-state index is 14.7. The molecule has 244 valence electrons. The zero-order valence-electron chi connectivity index (χ0n) is 25.6. The van der Waals surface area contributed by atoms with Crippen molar-refractivity contribution in [2.75, 3.05) is 19.1 Å². The van der Waals surface area contributed by atoms with Gasteiger partial charge in [0.1, 0.15) is 18.2 Å². The second-order valence-electron chi connectivity index (χ2n) is 10.5. The summed E-state index contributed by atoms with van der Waals surface area (Å²) in [5, 5.41) is 20.0. The highest BCUT2D eigenvalue weighted by molar-refractivity contribution is 8.00. The molecule has 1 N–H and O–H groups in total. The van der Waals surface area contributed by atoms with Gasteiger partial charge in [0.25, 0.3) is 5.78 Å². The number of aliphatic hydroxyl groups excluding tert-OH is 1. The number of nitrogens with zero attached hydrogens (tertiary/aromatic N) is 3. The van der Waals surface area contributed by atoms with E-state index < -0.39 is 29.3 Å². The van der Waals surface area contributed by atoms with Gasteiger partial charge in [-0.05, 0) is 59.2 Å². The summed E-state index contributed by atoms with van der Waals surface area (Å²) in [5.74, 6) is -2.50. The molecule has 9 nitrogen and oxygen atoms in total. The Morgan fingerprint density at radius 2 is 1.60 bits per heavy atom. The maximum atomic E-state index is 14.7. The normalized spacial score (nSPS) is 15.5. The van der Waals surface area contributed by atoms with Gasteiger partial charge in [-0.15, -0.1) is 10.2 Å². The molecule has 1 atom stereocenters. The Morgan fingerprint density at radius 3 is 2.31 bits per heavy atom. The lowest BCUT2D eigenvalue weighted by molar-refractivity contribution is -0.132. The molecule has 1 fully saturated rings. The van der Waals surface area contributed by atoms with E-state index in [0.717, 1.165) is 33.4 Å². The van der Waals surface area contributed by atoms with Gasteiger partial charge in [-0.25, -0.2) is 8.78 Å². The van der Waals surface area contributed by atoms with Gasteiger partial charge < -0.3 is 19.3 Å². The van der Waals surface area contributed by atoms with Crippen LogP contribution in [0.15, 0.2) is 101 Å². The average Bonchev–Trinajstić information content (AvgIpc) is 3.68. The highest BCUT2D eigenvalue weighted by Crippen LogP contribution is 2.46. The van der Waals surface area contributed by atoms with Crippen molar-refractivity contribution in [1.82, 2.24) is 10.2 Å². The average molecular weight is 688 g/mol. The number of aromatic nitrogens is 2. The number of amides is 1. The highest BCUT2D eigenvalue weighted by Gasteiger charge is 2.48. The van der Waals surface area contributed by atoms with Gasteiger partial charge in [0.15, 0.2) is 27.4 Å². The Morgan fingerprint density at radius 1 is 0.875 bits per heavy atom. The fourth-order valence-electron chi connectivity index (χ4n) is 5.11. The molecule has 6 rings (SSSR count). The van der Waals surface area contributed by atoms with Crippen LogP contribution < -0.4 is 19.1 Å². The highest BCUT2D eigenvalue weighted by atomic mass is 32.2. The molecule has 1 aliphatic heterocycles. The molecule has 0 radical (unpaired) electrons. The van der Waals surface area contributed by atoms with E-state index in [1.54, 1.807) is 30.3 Å². The molecule has 1 aliphatic rings. The van der Waals surface area contributed by atoms with Crippen LogP contribution in [0.2, 0.25) is 0 Å². The number of hydrogen-bond donors (Lipinski definition) is 1. The summed E-state index contributed by atoms with van der Waals surface area (Å²) >= 11 is 2.40. The standard InChI is InChI=1S/C35H27F2N3O6S2/c1-44-26-14-11-23(16-25(26)37)31(41)29-30(22-10-15-27(28(17-22)45-2)46-18-20-6-4-3-5-7-20)40(33(43)32(29)42)34-38-39-35(48-34)47-19-21-8-12-24(36)13-9-21/h3-17,30,41H,18-19H2,1-2H3/b31-29-. The van der Waals surface area contributed by atoms with Crippen LogP contribution in [0.1, 0.15) is 28.3 Å². The molecular formula is C35H27F2N3O6S2. The Balaban J connectivity index is 1.39. The van der Waals surface area contributed by atoms with Crippen molar-refractivity contribution in [3.05, 3.63) is 130 Å². The van der Waals surface area contributed by atoms with E-state index in [4.69, 9.17) is 14.2 Å². The number of Topliss-reactive ketones (excluding diaryl/α,β-unsaturated/α-hetero) is 1. The van der Waals surface area contributed by atoms with Crippen LogP contribution in [-0.2, 0) is 21.9 Å². The number of aliphatic hydroxyl groups is 1. The summed E-state index contributed by atoms with van der Waals surface area (Å²) in [4.78, 5) is 28.5. The lowest BCUT2D eigenvalue weighted by Crippen LogP contribution is -2.29. The molecule has 1 amide bonds. The van der Waals surface area contributed by atoms with Crippen LogP contribution in [0.3, 0.4) is 0 Å². The second-order valence-corrected chi connectivity index (χ2v) is 12.6. The first-order chi connectivity index (χ1) is 23.3. The zero-order chi connectivity index (χ0) is 33.8. The molecule has 2 heterocycles. The lowest BCUT2D eigenvalue weighted by Gasteiger charge is -2.23. The van der Waals surface area contributed by atoms with Crippen LogP contribution in [0.4, 0.5) is 13.9 Å². The van der Waals surface area contributed by atoms with Crippen LogP contribution >= 0.6 is 23.1 Å². The smallest absolute Gasteiger partial charge is 0.301 e. The predicted octanol–water partition coefficient (Wildman–Crippen LogP) is 7.33. The van der Waals surface area contributed by atoms with Crippen molar-refractivity contribution in [2.24, 2.45) is 0 Å². The first-order valence-corrected chi connectivity index (χ1v) is 16.3. The number of carbonyl (C=O) groups excluding carboxylic acids is 2. The fraction of sp³-hybridized carbons (Fsp3) is 0.143. The predicted molar refractivity (Wildman–Crippen MR) is 177 cm³/mol. The fourth-order valence-corrected chi connectivity index (χ4v) is 6.93. The van der Waals surface area contributed by atoms with Gasteiger partial charge in [-0.1, -0.05) is 71.6 Å². The summed E-state index contributed by atoms with van der Waals surface area (Å²) in [7, 11) is 2.76. The third kappa shape index (κ3) is 6.73. The number of benzene rings is 4. The molecular weight excluding hydrogens is 661 g/mol. The molecule has 0 saturated carbocycles. The minimum Gasteiger partial charge on any atom is -0.507 e. The molecule has 0 bridgehead atoms. The Labute approximate surface area is 282 Å². The topological polar surface area (TPSA) is 111 Å². The first kappa shape index (κ1) is 32.7. The SMILES string of the molecule is COc1ccc(/C(O)=C2/C(=O)C(=O)N(c3nnc(SCc4ccc(F)cc4)s3)C2c2ccc(OCc3ccccc3)c(OC)c2)cc1F. The van der Waals surface area contributed by atoms with E-state index in [2.05, 4.69) is 10.2 Å². The molecule has 13 heteroatoms. The molecule has 0 spiro atoms. The van der Waals surface area contributed by atoms with Crippen molar-refractivity contribution in [3.63, 3.8) is 0 Å². The monoisotopic (exact) mass is 687 g/mol. The van der Waals surface area contributed by atoms with Crippen molar-refractivity contribution >= 4 is 45.7 Å².